The van der Waals surface area contributed by atoms with Gasteiger partial charge in [0.25, 0.3) is 0 Å². The SMILES string of the molecule is CCNCc1cc(S(=O)(=O)NCC(C)SC)c(Br)o1. The summed E-state index contributed by atoms with van der Waals surface area (Å²) in [5.74, 6) is 0.590. The number of thioether (sulfide) groups is 1. The van der Waals surface area contributed by atoms with Gasteiger partial charge in [0.05, 0.1) is 6.54 Å². The maximum Gasteiger partial charge on any atom is 0.245 e. The minimum Gasteiger partial charge on any atom is -0.452 e. The van der Waals surface area contributed by atoms with Crippen LogP contribution in [0.1, 0.15) is 19.6 Å². The number of rotatable bonds is 8. The molecule has 0 radical (unpaired) electrons. The van der Waals surface area contributed by atoms with E-state index in [-0.39, 0.29) is 14.8 Å². The average molecular weight is 371 g/mol. The van der Waals surface area contributed by atoms with Gasteiger partial charge >= 0.3 is 0 Å². The van der Waals surface area contributed by atoms with Crippen molar-refractivity contribution in [2.24, 2.45) is 0 Å². The molecule has 1 atom stereocenters. The number of nitrogens with one attached hydrogen (secondary N) is 2. The van der Waals surface area contributed by atoms with Crippen LogP contribution in [0, 0.1) is 0 Å². The van der Waals surface area contributed by atoms with E-state index >= 15 is 0 Å². The van der Waals surface area contributed by atoms with Crippen LogP contribution in [0.4, 0.5) is 0 Å². The van der Waals surface area contributed by atoms with E-state index in [1.807, 2.05) is 20.1 Å². The van der Waals surface area contributed by atoms with Gasteiger partial charge in [-0.1, -0.05) is 13.8 Å². The van der Waals surface area contributed by atoms with Crippen molar-refractivity contribution in [2.45, 2.75) is 30.5 Å². The van der Waals surface area contributed by atoms with Crippen molar-refractivity contribution in [3.63, 3.8) is 0 Å². The van der Waals surface area contributed by atoms with Crippen molar-refractivity contribution in [3.05, 3.63) is 16.5 Å². The molecular formula is C11H19BrN2O3S2. The van der Waals surface area contributed by atoms with Crippen LogP contribution in [0.25, 0.3) is 0 Å². The highest BCUT2D eigenvalue weighted by atomic mass is 79.9. The van der Waals surface area contributed by atoms with E-state index in [0.717, 1.165) is 6.54 Å². The zero-order valence-corrected chi connectivity index (χ0v) is 14.4. The molecular weight excluding hydrogens is 352 g/mol. The highest BCUT2D eigenvalue weighted by molar-refractivity contribution is 9.10. The summed E-state index contributed by atoms with van der Waals surface area (Å²) in [6.45, 7) is 5.63. The molecule has 0 aromatic carbocycles. The van der Waals surface area contributed by atoms with E-state index in [0.29, 0.717) is 18.8 Å². The highest BCUT2D eigenvalue weighted by Crippen LogP contribution is 2.26. The first-order chi connectivity index (χ1) is 8.90. The summed E-state index contributed by atoms with van der Waals surface area (Å²) in [4.78, 5) is 0.147. The molecule has 1 rings (SSSR count). The molecule has 19 heavy (non-hydrogen) atoms. The third-order valence-electron chi connectivity index (χ3n) is 2.51. The van der Waals surface area contributed by atoms with Crippen LogP contribution in [-0.4, -0.2) is 33.0 Å². The Labute approximate surface area is 127 Å². The van der Waals surface area contributed by atoms with E-state index in [9.17, 15) is 8.42 Å². The third-order valence-corrected chi connectivity index (χ3v) is 5.76. The van der Waals surface area contributed by atoms with Gasteiger partial charge in [-0.05, 0) is 28.7 Å². The van der Waals surface area contributed by atoms with Crippen LogP contribution in [0.3, 0.4) is 0 Å². The summed E-state index contributed by atoms with van der Waals surface area (Å²) in [5.41, 5.74) is 0. The van der Waals surface area contributed by atoms with Crippen molar-refractivity contribution in [1.29, 1.82) is 0 Å². The standard InChI is InChI=1S/C11H19BrN2O3S2/c1-4-13-7-9-5-10(11(12)17-9)19(15,16)14-6-8(2)18-3/h5,8,13-14H,4,6-7H2,1-3H3. The lowest BCUT2D eigenvalue weighted by molar-refractivity contribution is 0.464. The molecule has 2 N–H and O–H groups in total. The summed E-state index contributed by atoms with van der Waals surface area (Å²) in [6.07, 6.45) is 1.95. The monoisotopic (exact) mass is 370 g/mol. The molecule has 0 spiro atoms. The normalized spacial score (nSPS) is 13.7. The molecule has 110 valence electrons. The van der Waals surface area contributed by atoms with Crippen molar-refractivity contribution >= 4 is 37.7 Å². The second-order valence-corrected chi connectivity index (χ2v) is 7.76. The molecule has 1 aromatic rings. The fourth-order valence-electron chi connectivity index (χ4n) is 1.30. The molecule has 0 saturated heterocycles. The molecule has 8 heteroatoms. The number of furan rings is 1. The van der Waals surface area contributed by atoms with Gasteiger partial charge in [0.2, 0.25) is 10.0 Å². The number of hydrogen-bond donors (Lipinski definition) is 2. The van der Waals surface area contributed by atoms with Crippen molar-refractivity contribution in [1.82, 2.24) is 10.0 Å². The van der Waals surface area contributed by atoms with Gasteiger partial charge in [0.15, 0.2) is 4.67 Å². The zero-order chi connectivity index (χ0) is 14.5. The Balaban J connectivity index is 2.80. The molecule has 5 nitrogen and oxygen atoms in total. The molecule has 1 aromatic heterocycles. The smallest absolute Gasteiger partial charge is 0.245 e. The minimum absolute atomic E-state index is 0.147. The average Bonchev–Trinajstić information content (AvgIpc) is 2.75. The molecule has 0 aliphatic carbocycles. The number of halogens is 1. The Morgan fingerprint density at radius 2 is 2.21 bits per heavy atom. The molecule has 1 unspecified atom stereocenters. The Kier molecular flexibility index (Phi) is 6.89. The van der Waals surface area contributed by atoms with Crippen LogP contribution in [0.5, 0.6) is 0 Å². The second-order valence-electron chi connectivity index (χ2n) is 4.03. The predicted molar refractivity (Wildman–Crippen MR) is 82.0 cm³/mol. The molecule has 0 saturated carbocycles. The first-order valence-electron chi connectivity index (χ1n) is 5.92. The van der Waals surface area contributed by atoms with Gasteiger partial charge in [-0.15, -0.1) is 0 Å². The highest BCUT2D eigenvalue weighted by Gasteiger charge is 2.22. The summed E-state index contributed by atoms with van der Waals surface area (Å²) in [6, 6.07) is 1.54. The summed E-state index contributed by atoms with van der Waals surface area (Å²) < 4.78 is 32.4. The lowest BCUT2D eigenvalue weighted by Crippen LogP contribution is -2.29. The zero-order valence-electron chi connectivity index (χ0n) is 11.2. The van der Waals surface area contributed by atoms with E-state index < -0.39 is 10.0 Å². The topological polar surface area (TPSA) is 71.3 Å². The maximum absolute atomic E-state index is 12.1. The lowest BCUT2D eigenvalue weighted by Gasteiger charge is -2.09. The Bertz CT molecular complexity index is 502. The minimum atomic E-state index is -3.53. The van der Waals surface area contributed by atoms with E-state index in [1.165, 1.54) is 0 Å². The fourth-order valence-corrected chi connectivity index (χ4v) is 3.79. The van der Waals surface area contributed by atoms with Crippen LogP contribution >= 0.6 is 27.7 Å². The maximum atomic E-state index is 12.1. The van der Waals surface area contributed by atoms with E-state index in [4.69, 9.17) is 4.42 Å². The van der Waals surface area contributed by atoms with E-state index in [1.54, 1.807) is 17.8 Å². The third kappa shape index (κ3) is 5.11. The molecule has 1 heterocycles. The second kappa shape index (κ2) is 7.68. The predicted octanol–water partition coefficient (Wildman–Crippen LogP) is 2.18. The Hall–Kier alpha value is -0.0200. The largest absolute Gasteiger partial charge is 0.452 e. The van der Waals surface area contributed by atoms with Crippen LogP contribution in [0.15, 0.2) is 20.0 Å². The van der Waals surface area contributed by atoms with Gasteiger partial charge in [0.1, 0.15) is 10.7 Å². The number of sulfonamides is 1. The molecule has 0 aliphatic heterocycles. The van der Waals surface area contributed by atoms with Gasteiger partial charge in [-0.3, -0.25) is 0 Å². The molecule has 0 fully saturated rings. The van der Waals surface area contributed by atoms with Crippen LogP contribution in [0.2, 0.25) is 0 Å². The van der Waals surface area contributed by atoms with Gasteiger partial charge in [0, 0.05) is 17.9 Å². The molecule has 0 bridgehead atoms. The summed E-state index contributed by atoms with van der Waals surface area (Å²) in [7, 11) is -3.53. The Morgan fingerprint density at radius 3 is 2.79 bits per heavy atom. The van der Waals surface area contributed by atoms with Crippen LogP contribution in [-0.2, 0) is 16.6 Å². The van der Waals surface area contributed by atoms with Crippen LogP contribution < -0.4 is 10.0 Å². The van der Waals surface area contributed by atoms with Gasteiger partial charge in [-0.25, -0.2) is 13.1 Å². The molecule has 0 amide bonds. The Morgan fingerprint density at radius 1 is 1.53 bits per heavy atom. The summed E-state index contributed by atoms with van der Waals surface area (Å²) >= 11 is 4.76. The fraction of sp³-hybridized carbons (Fsp3) is 0.636. The first kappa shape index (κ1) is 17.0. The van der Waals surface area contributed by atoms with Gasteiger partial charge < -0.3 is 9.73 Å². The molecule has 0 aliphatic rings. The quantitative estimate of drug-likeness (QED) is 0.733. The van der Waals surface area contributed by atoms with Crippen molar-refractivity contribution < 1.29 is 12.8 Å². The van der Waals surface area contributed by atoms with E-state index in [2.05, 4.69) is 26.0 Å². The van der Waals surface area contributed by atoms with Gasteiger partial charge in [-0.2, -0.15) is 11.8 Å². The summed E-state index contributed by atoms with van der Waals surface area (Å²) in [5, 5.41) is 3.31. The first-order valence-corrected chi connectivity index (χ1v) is 9.48. The van der Waals surface area contributed by atoms with Crippen molar-refractivity contribution in [3.8, 4) is 0 Å². The number of hydrogen-bond acceptors (Lipinski definition) is 5. The van der Waals surface area contributed by atoms with Crippen molar-refractivity contribution in [2.75, 3.05) is 19.3 Å². The lowest BCUT2D eigenvalue weighted by atomic mass is 10.4.